The molecular formula is C10H18N4O2. The molecule has 0 aromatic carbocycles. The first-order valence-corrected chi connectivity index (χ1v) is 5.42. The van der Waals surface area contributed by atoms with Crippen LogP contribution in [-0.2, 0) is 13.0 Å². The first-order valence-electron chi connectivity index (χ1n) is 5.42. The highest BCUT2D eigenvalue weighted by Gasteiger charge is 2.19. The summed E-state index contributed by atoms with van der Waals surface area (Å²) in [6, 6.07) is 0. The van der Waals surface area contributed by atoms with Gasteiger partial charge in [0.25, 0.3) is 0 Å². The number of hydrogen-bond donors (Lipinski definition) is 2. The SMILES string of the molecule is CC(C)Cc1c(C(=O)O)nnn1CCCN. The zero-order valence-electron chi connectivity index (χ0n) is 9.68. The Bertz CT molecular complexity index is 360. The van der Waals surface area contributed by atoms with Crippen LogP contribution in [-0.4, -0.2) is 32.6 Å². The van der Waals surface area contributed by atoms with Gasteiger partial charge in [-0.2, -0.15) is 0 Å². The van der Waals surface area contributed by atoms with Gasteiger partial charge in [0.05, 0.1) is 5.69 Å². The molecule has 16 heavy (non-hydrogen) atoms. The predicted molar refractivity (Wildman–Crippen MR) is 59.2 cm³/mol. The minimum absolute atomic E-state index is 0.0609. The van der Waals surface area contributed by atoms with E-state index in [-0.39, 0.29) is 5.69 Å². The third kappa shape index (κ3) is 3.03. The second-order valence-electron chi connectivity index (χ2n) is 4.15. The quantitative estimate of drug-likeness (QED) is 0.737. The molecule has 0 aliphatic heterocycles. The van der Waals surface area contributed by atoms with Crippen LogP contribution >= 0.6 is 0 Å². The highest BCUT2D eigenvalue weighted by atomic mass is 16.4. The number of aryl methyl sites for hydroxylation is 1. The fourth-order valence-corrected chi connectivity index (χ4v) is 1.51. The van der Waals surface area contributed by atoms with Gasteiger partial charge in [-0.1, -0.05) is 19.1 Å². The minimum Gasteiger partial charge on any atom is -0.476 e. The largest absolute Gasteiger partial charge is 0.476 e. The Morgan fingerprint density at radius 2 is 2.25 bits per heavy atom. The summed E-state index contributed by atoms with van der Waals surface area (Å²) in [5.41, 5.74) is 6.17. The van der Waals surface area contributed by atoms with Crippen molar-refractivity contribution in [3.05, 3.63) is 11.4 Å². The van der Waals surface area contributed by atoms with Crippen LogP contribution in [0.1, 0.15) is 36.5 Å². The summed E-state index contributed by atoms with van der Waals surface area (Å²) in [4.78, 5) is 10.9. The summed E-state index contributed by atoms with van der Waals surface area (Å²) >= 11 is 0. The van der Waals surface area contributed by atoms with Crippen molar-refractivity contribution < 1.29 is 9.90 Å². The first-order chi connectivity index (χ1) is 7.56. The normalized spacial score (nSPS) is 11.0. The molecule has 0 aliphatic carbocycles. The van der Waals surface area contributed by atoms with Gasteiger partial charge in [-0.15, -0.1) is 5.10 Å². The van der Waals surface area contributed by atoms with Crippen molar-refractivity contribution in [3.63, 3.8) is 0 Å². The number of nitrogens with zero attached hydrogens (tertiary/aromatic N) is 3. The molecule has 6 heteroatoms. The lowest BCUT2D eigenvalue weighted by molar-refractivity contribution is 0.0689. The number of aromatic nitrogens is 3. The maximum atomic E-state index is 10.9. The van der Waals surface area contributed by atoms with Crippen molar-refractivity contribution in [1.29, 1.82) is 0 Å². The highest BCUT2D eigenvalue weighted by molar-refractivity contribution is 5.86. The standard InChI is InChI=1S/C10H18N4O2/c1-7(2)6-8-9(10(15)16)12-13-14(8)5-3-4-11/h7H,3-6,11H2,1-2H3,(H,15,16). The molecule has 1 aromatic rings. The fourth-order valence-electron chi connectivity index (χ4n) is 1.51. The van der Waals surface area contributed by atoms with Crippen LogP contribution in [0.25, 0.3) is 0 Å². The molecule has 0 radical (unpaired) electrons. The van der Waals surface area contributed by atoms with Gasteiger partial charge in [0.2, 0.25) is 0 Å². The van der Waals surface area contributed by atoms with Crippen LogP contribution in [0.2, 0.25) is 0 Å². The van der Waals surface area contributed by atoms with Crippen molar-refractivity contribution in [3.8, 4) is 0 Å². The minimum atomic E-state index is -1.02. The van der Waals surface area contributed by atoms with Gasteiger partial charge in [0, 0.05) is 6.54 Å². The van der Waals surface area contributed by atoms with Crippen molar-refractivity contribution in [2.45, 2.75) is 33.2 Å². The molecule has 0 amide bonds. The van der Waals surface area contributed by atoms with Crippen molar-refractivity contribution in [2.24, 2.45) is 11.7 Å². The molecule has 1 heterocycles. The molecule has 3 N–H and O–H groups in total. The average molecular weight is 226 g/mol. The van der Waals surface area contributed by atoms with Gasteiger partial charge in [0.15, 0.2) is 5.69 Å². The first kappa shape index (κ1) is 12.6. The van der Waals surface area contributed by atoms with Gasteiger partial charge < -0.3 is 10.8 Å². The number of carboxylic acid groups (broad SMARTS) is 1. The van der Waals surface area contributed by atoms with E-state index in [0.717, 1.165) is 6.42 Å². The molecule has 1 rings (SSSR count). The lowest BCUT2D eigenvalue weighted by atomic mass is 10.1. The molecule has 0 atom stereocenters. The zero-order valence-corrected chi connectivity index (χ0v) is 9.68. The fraction of sp³-hybridized carbons (Fsp3) is 0.700. The summed E-state index contributed by atoms with van der Waals surface area (Å²) in [7, 11) is 0. The maximum Gasteiger partial charge on any atom is 0.358 e. The van der Waals surface area contributed by atoms with Crippen LogP contribution in [0.15, 0.2) is 0 Å². The maximum absolute atomic E-state index is 10.9. The number of hydrogen-bond acceptors (Lipinski definition) is 4. The molecule has 0 aliphatic rings. The molecule has 1 aromatic heterocycles. The van der Waals surface area contributed by atoms with E-state index in [2.05, 4.69) is 10.3 Å². The molecule has 0 spiro atoms. The molecular weight excluding hydrogens is 208 g/mol. The Morgan fingerprint density at radius 1 is 1.56 bits per heavy atom. The van der Waals surface area contributed by atoms with E-state index in [1.54, 1.807) is 4.68 Å². The molecule has 0 bridgehead atoms. The zero-order chi connectivity index (χ0) is 12.1. The van der Waals surface area contributed by atoms with Crippen LogP contribution in [0.4, 0.5) is 0 Å². The molecule has 0 saturated carbocycles. The van der Waals surface area contributed by atoms with E-state index in [0.29, 0.717) is 31.1 Å². The van der Waals surface area contributed by atoms with Crippen LogP contribution in [0.5, 0.6) is 0 Å². The summed E-state index contributed by atoms with van der Waals surface area (Å²) in [5, 5.41) is 16.5. The third-order valence-electron chi connectivity index (χ3n) is 2.22. The number of rotatable bonds is 6. The summed E-state index contributed by atoms with van der Waals surface area (Å²) in [6.45, 7) is 5.25. The molecule has 0 unspecified atom stereocenters. The number of carboxylic acids is 1. The summed E-state index contributed by atoms with van der Waals surface area (Å²) < 4.78 is 1.65. The summed E-state index contributed by atoms with van der Waals surface area (Å²) in [6.07, 6.45) is 1.44. The van der Waals surface area contributed by atoms with E-state index in [1.165, 1.54) is 0 Å². The van der Waals surface area contributed by atoms with E-state index >= 15 is 0 Å². The smallest absolute Gasteiger partial charge is 0.358 e. The highest BCUT2D eigenvalue weighted by Crippen LogP contribution is 2.12. The van der Waals surface area contributed by atoms with Gasteiger partial charge in [-0.3, -0.25) is 0 Å². The topological polar surface area (TPSA) is 94.0 Å². The second-order valence-corrected chi connectivity index (χ2v) is 4.15. The molecule has 0 saturated heterocycles. The van der Waals surface area contributed by atoms with E-state index in [9.17, 15) is 4.79 Å². The average Bonchev–Trinajstić information content (AvgIpc) is 2.57. The van der Waals surface area contributed by atoms with Gasteiger partial charge in [-0.25, -0.2) is 9.48 Å². The molecule has 6 nitrogen and oxygen atoms in total. The van der Waals surface area contributed by atoms with Gasteiger partial charge in [-0.05, 0) is 25.3 Å². The molecule has 90 valence electrons. The number of carbonyl (C=O) groups is 1. The van der Waals surface area contributed by atoms with Crippen molar-refractivity contribution in [1.82, 2.24) is 15.0 Å². The predicted octanol–water partition coefficient (Wildman–Crippen LogP) is 0.524. The van der Waals surface area contributed by atoms with Crippen molar-refractivity contribution >= 4 is 5.97 Å². The van der Waals surface area contributed by atoms with E-state index < -0.39 is 5.97 Å². The van der Waals surface area contributed by atoms with Gasteiger partial charge in [0.1, 0.15) is 0 Å². The lowest BCUT2D eigenvalue weighted by Crippen LogP contribution is -2.13. The number of aromatic carboxylic acids is 1. The second kappa shape index (κ2) is 5.60. The lowest BCUT2D eigenvalue weighted by Gasteiger charge is -2.08. The molecule has 0 fully saturated rings. The van der Waals surface area contributed by atoms with Gasteiger partial charge >= 0.3 is 5.97 Å². The van der Waals surface area contributed by atoms with Crippen LogP contribution in [0, 0.1) is 5.92 Å². The Hall–Kier alpha value is -1.43. The Labute approximate surface area is 94.4 Å². The van der Waals surface area contributed by atoms with E-state index in [1.807, 2.05) is 13.8 Å². The van der Waals surface area contributed by atoms with E-state index in [4.69, 9.17) is 10.8 Å². The van der Waals surface area contributed by atoms with Crippen molar-refractivity contribution in [2.75, 3.05) is 6.54 Å². The summed E-state index contributed by atoms with van der Waals surface area (Å²) in [5.74, 6) is -0.650. The Kier molecular flexibility index (Phi) is 4.42. The number of nitrogens with two attached hydrogens (primary N) is 1. The van der Waals surface area contributed by atoms with Crippen LogP contribution < -0.4 is 5.73 Å². The Balaban J connectivity index is 2.94. The van der Waals surface area contributed by atoms with Crippen LogP contribution in [0.3, 0.4) is 0 Å². The third-order valence-corrected chi connectivity index (χ3v) is 2.22. The Morgan fingerprint density at radius 3 is 2.75 bits per heavy atom. The monoisotopic (exact) mass is 226 g/mol.